The number of rotatable bonds is 4. The first-order valence-electron chi connectivity index (χ1n) is 5.67. The fraction of sp³-hybridized carbons (Fsp3) is 0.333. The largest absolute Gasteiger partial charge is 0.334 e. The summed E-state index contributed by atoms with van der Waals surface area (Å²) in [5, 5.41) is 3.98. The Labute approximate surface area is 115 Å². The summed E-state index contributed by atoms with van der Waals surface area (Å²) in [6, 6.07) is 3.95. The third kappa shape index (κ3) is 3.09. The molecule has 0 amide bonds. The van der Waals surface area contributed by atoms with Crippen molar-refractivity contribution in [1.29, 1.82) is 0 Å². The molecule has 102 valence electrons. The van der Waals surface area contributed by atoms with Gasteiger partial charge < -0.3 is 15.2 Å². The van der Waals surface area contributed by atoms with Crippen molar-refractivity contribution in [3.63, 3.8) is 0 Å². The van der Waals surface area contributed by atoms with E-state index >= 15 is 0 Å². The first-order chi connectivity index (χ1) is 8.99. The van der Waals surface area contributed by atoms with Crippen LogP contribution in [0.2, 0.25) is 5.02 Å². The molecule has 0 saturated heterocycles. The number of hydrogen-bond acceptors (Lipinski definition) is 5. The Morgan fingerprint density at radius 3 is 2.84 bits per heavy atom. The van der Waals surface area contributed by atoms with Gasteiger partial charge in [-0.2, -0.15) is 4.98 Å². The van der Waals surface area contributed by atoms with Crippen molar-refractivity contribution in [3.8, 4) is 11.5 Å². The van der Waals surface area contributed by atoms with E-state index in [4.69, 9.17) is 21.9 Å². The molecule has 0 fully saturated rings. The predicted molar refractivity (Wildman–Crippen MR) is 70.2 cm³/mol. The summed E-state index contributed by atoms with van der Waals surface area (Å²) in [5.74, 6) is -0.154. The van der Waals surface area contributed by atoms with Gasteiger partial charge in [-0.1, -0.05) is 22.8 Å². The second-order valence-electron chi connectivity index (χ2n) is 4.42. The third-order valence-corrected chi connectivity index (χ3v) is 2.83. The molecule has 1 aromatic carbocycles. The van der Waals surface area contributed by atoms with Crippen LogP contribution in [0.4, 0.5) is 4.39 Å². The molecule has 5 nitrogen and oxygen atoms in total. The minimum atomic E-state index is -0.510. The van der Waals surface area contributed by atoms with Crippen molar-refractivity contribution in [2.24, 2.45) is 5.73 Å². The van der Waals surface area contributed by atoms with Crippen LogP contribution in [-0.4, -0.2) is 35.7 Å². The van der Waals surface area contributed by atoms with Gasteiger partial charge in [0.05, 0.1) is 16.6 Å². The summed E-state index contributed by atoms with van der Waals surface area (Å²) >= 11 is 5.93. The van der Waals surface area contributed by atoms with Gasteiger partial charge in [-0.05, 0) is 26.2 Å². The number of nitrogens with two attached hydrogens (primary N) is 1. The van der Waals surface area contributed by atoms with Crippen LogP contribution in [0, 0.1) is 5.82 Å². The van der Waals surface area contributed by atoms with Gasteiger partial charge in [-0.25, -0.2) is 4.39 Å². The van der Waals surface area contributed by atoms with Crippen LogP contribution >= 0.6 is 11.6 Å². The van der Waals surface area contributed by atoms with Crippen LogP contribution in [0.3, 0.4) is 0 Å². The standard InChI is InChI=1S/C12H14ClFN4O/c1-18(2)6-9(15)11-16-12(19-17-11)10-7(13)4-3-5-8(10)14/h3-5,9H,6,15H2,1-2H3. The maximum Gasteiger partial charge on any atom is 0.262 e. The van der Waals surface area contributed by atoms with Crippen LogP contribution in [0.1, 0.15) is 11.9 Å². The molecule has 0 aliphatic heterocycles. The van der Waals surface area contributed by atoms with E-state index < -0.39 is 11.9 Å². The third-order valence-electron chi connectivity index (χ3n) is 2.51. The maximum absolute atomic E-state index is 13.7. The number of halogens is 2. The monoisotopic (exact) mass is 284 g/mol. The van der Waals surface area contributed by atoms with E-state index in [0.717, 1.165) is 0 Å². The van der Waals surface area contributed by atoms with Crippen molar-refractivity contribution in [2.45, 2.75) is 6.04 Å². The molecular weight excluding hydrogens is 271 g/mol. The summed E-state index contributed by atoms with van der Waals surface area (Å²) < 4.78 is 18.7. The van der Waals surface area contributed by atoms with Crippen molar-refractivity contribution in [1.82, 2.24) is 15.0 Å². The van der Waals surface area contributed by atoms with Gasteiger partial charge in [0.25, 0.3) is 5.89 Å². The molecular formula is C12H14ClFN4O. The van der Waals surface area contributed by atoms with Gasteiger partial charge in [0.1, 0.15) is 5.82 Å². The first-order valence-corrected chi connectivity index (χ1v) is 6.05. The minimum Gasteiger partial charge on any atom is -0.334 e. The van der Waals surface area contributed by atoms with Crippen molar-refractivity contribution >= 4 is 11.6 Å². The molecule has 0 bridgehead atoms. The Kier molecular flexibility index (Phi) is 4.14. The zero-order valence-corrected chi connectivity index (χ0v) is 11.4. The second-order valence-corrected chi connectivity index (χ2v) is 4.83. The average molecular weight is 285 g/mol. The van der Waals surface area contributed by atoms with E-state index in [1.807, 2.05) is 19.0 Å². The van der Waals surface area contributed by atoms with Gasteiger partial charge in [0, 0.05) is 6.54 Å². The molecule has 1 heterocycles. The Morgan fingerprint density at radius 2 is 2.21 bits per heavy atom. The molecule has 1 unspecified atom stereocenters. The highest BCUT2D eigenvalue weighted by molar-refractivity contribution is 6.33. The number of benzene rings is 1. The van der Waals surface area contributed by atoms with E-state index in [9.17, 15) is 4.39 Å². The highest BCUT2D eigenvalue weighted by Gasteiger charge is 2.20. The highest BCUT2D eigenvalue weighted by Crippen LogP contribution is 2.29. The summed E-state index contributed by atoms with van der Waals surface area (Å²) in [7, 11) is 3.77. The van der Waals surface area contributed by atoms with Crippen molar-refractivity contribution in [3.05, 3.63) is 34.9 Å². The quantitative estimate of drug-likeness (QED) is 0.931. The minimum absolute atomic E-state index is 0.0345. The number of nitrogens with zero attached hydrogens (tertiary/aromatic N) is 3. The Morgan fingerprint density at radius 1 is 1.47 bits per heavy atom. The lowest BCUT2D eigenvalue weighted by Crippen LogP contribution is -2.26. The summed E-state index contributed by atoms with van der Waals surface area (Å²) in [6.07, 6.45) is 0. The van der Waals surface area contributed by atoms with E-state index in [-0.39, 0.29) is 16.5 Å². The van der Waals surface area contributed by atoms with Crippen molar-refractivity contribution < 1.29 is 8.91 Å². The summed E-state index contributed by atoms with van der Waals surface area (Å²) in [6.45, 7) is 0.560. The molecule has 19 heavy (non-hydrogen) atoms. The zero-order chi connectivity index (χ0) is 14.0. The second kappa shape index (κ2) is 5.64. The van der Waals surface area contributed by atoms with Gasteiger partial charge >= 0.3 is 0 Å². The molecule has 1 atom stereocenters. The lowest BCUT2D eigenvalue weighted by atomic mass is 10.2. The molecule has 2 rings (SSSR count). The highest BCUT2D eigenvalue weighted by atomic mass is 35.5. The molecule has 7 heteroatoms. The first kappa shape index (κ1) is 13.9. The van der Waals surface area contributed by atoms with E-state index in [1.54, 1.807) is 6.07 Å². The van der Waals surface area contributed by atoms with Crippen LogP contribution in [0.15, 0.2) is 22.7 Å². The van der Waals surface area contributed by atoms with Crippen molar-refractivity contribution in [2.75, 3.05) is 20.6 Å². The molecule has 0 aliphatic carbocycles. The average Bonchev–Trinajstić information content (AvgIpc) is 2.77. The molecule has 0 radical (unpaired) electrons. The molecule has 0 saturated carbocycles. The number of aromatic nitrogens is 2. The van der Waals surface area contributed by atoms with Gasteiger partial charge in [-0.3, -0.25) is 0 Å². The van der Waals surface area contributed by atoms with Gasteiger partial charge in [0.2, 0.25) is 0 Å². The topological polar surface area (TPSA) is 68.2 Å². The van der Waals surface area contributed by atoms with E-state index in [1.165, 1.54) is 12.1 Å². The molecule has 2 aromatic rings. The van der Waals surface area contributed by atoms with Crippen LogP contribution in [-0.2, 0) is 0 Å². The normalized spacial score (nSPS) is 12.9. The molecule has 0 aliphatic rings. The van der Waals surface area contributed by atoms with E-state index in [2.05, 4.69) is 10.1 Å². The van der Waals surface area contributed by atoms with Gasteiger partial charge in [-0.15, -0.1) is 0 Å². The Balaban J connectivity index is 2.31. The lowest BCUT2D eigenvalue weighted by molar-refractivity contribution is 0.357. The smallest absolute Gasteiger partial charge is 0.262 e. The maximum atomic E-state index is 13.7. The predicted octanol–water partition coefficient (Wildman–Crippen LogP) is 2.09. The molecule has 1 aromatic heterocycles. The molecule has 2 N–H and O–H groups in total. The fourth-order valence-electron chi connectivity index (χ4n) is 1.66. The number of likely N-dealkylation sites (N-methyl/N-ethyl adjacent to an activating group) is 1. The van der Waals surface area contributed by atoms with Crippen LogP contribution in [0.25, 0.3) is 11.5 Å². The zero-order valence-electron chi connectivity index (χ0n) is 10.6. The van der Waals surface area contributed by atoms with Crippen LogP contribution in [0.5, 0.6) is 0 Å². The Hall–Kier alpha value is -1.50. The van der Waals surface area contributed by atoms with E-state index in [0.29, 0.717) is 12.4 Å². The number of hydrogen-bond donors (Lipinski definition) is 1. The lowest BCUT2D eigenvalue weighted by Gasteiger charge is -2.12. The van der Waals surface area contributed by atoms with Gasteiger partial charge in [0.15, 0.2) is 5.82 Å². The fourth-order valence-corrected chi connectivity index (χ4v) is 1.91. The summed E-state index contributed by atoms with van der Waals surface area (Å²) in [4.78, 5) is 6.00. The Bertz CT molecular complexity index is 552. The van der Waals surface area contributed by atoms with Crippen LogP contribution < -0.4 is 5.73 Å². The molecule has 0 spiro atoms. The summed E-state index contributed by atoms with van der Waals surface area (Å²) in [5.41, 5.74) is 6.01. The SMILES string of the molecule is CN(C)CC(N)c1noc(-c2c(F)cccc2Cl)n1.